The minimum atomic E-state index is 0. The number of hydrogen-bond acceptors (Lipinski definition) is 2. The van der Waals surface area contributed by atoms with Crippen LogP contribution >= 0.6 is 24.0 Å². The molecular weight excluding hydrogens is 473 g/mol. The highest BCUT2D eigenvalue weighted by molar-refractivity contribution is 14.0. The van der Waals surface area contributed by atoms with Gasteiger partial charge in [0.15, 0.2) is 5.96 Å². The Bertz CT molecular complexity index is 926. The van der Waals surface area contributed by atoms with Crippen molar-refractivity contribution in [3.05, 3.63) is 66.0 Å². The van der Waals surface area contributed by atoms with E-state index in [-0.39, 0.29) is 24.0 Å². The van der Waals surface area contributed by atoms with Crippen molar-refractivity contribution >= 4 is 41.0 Å². The van der Waals surface area contributed by atoms with Gasteiger partial charge in [0.25, 0.3) is 0 Å². The van der Waals surface area contributed by atoms with Gasteiger partial charge in [-0.05, 0) is 43.0 Å². The molecule has 1 aliphatic carbocycles. The van der Waals surface area contributed by atoms with Gasteiger partial charge >= 0.3 is 0 Å². The van der Waals surface area contributed by atoms with Gasteiger partial charge in [-0.1, -0.05) is 49.2 Å². The lowest BCUT2D eigenvalue weighted by molar-refractivity contribution is 0.614. The average Bonchev–Trinajstić information content (AvgIpc) is 3.38. The van der Waals surface area contributed by atoms with E-state index in [9.17, 15) is 0 Å². The van der Waals surface area contributed by atoms with Crippen molar-refractivity contribution < 1.29 is 0 Å². The summed E-state index contributed by atoms with van der Waals surface area (Å²) in [6.07, 6.45) is 7.07. The molecule has 4 rings (SSSR count). The van der Waals surface area contributed by atoms with Crippen LogP contribution in [-0.2, 0) is 13.1 Å². The molecule has 1 heterocycles. The Morgan fingerprint density at radius 2 is 1.79 bits per heavy atom. The first-order valence-electron chi connectivity index (χ1n) is 10.3. The first-order chi connectivity index (χ1) is 13.8. The first kappa shape index (κ1) is 21.6. The fourth-order valence-electron chi connectivity index (χ4n) is 3.84. The van der Waals surface area contributed by atoms with E-state index < -0.39 is 0 Å². The molecule has 0 amide bonds. The van der Waals surface area contributed by atoms with Gasteiger partial charge in [-0.2, -0.15) is 0 Å². The normalized spacial score (nSPS) is 14.7. The lowest BCUT2D eigenvalue weighted by Crippen LogP contribution is -2.42. The fraction of sp³-hybridized carbons (Fsp3) is 0.391. The van der Waals surface area contributed by atoms with Crippen LogP contribution in [0.3, 0.4) is 0 Å². The standard InChI is InChI=1S/C23H29N5.HI/c1-2-24-23(27-20-7-3-4-8-20)25-15-18-11-13-19(14-12-18)16-28-17-26-21-9-5-6-10-22(21)28;/h5-6,9-14,17,20H,2-4,7-8,15-16H2,1H3,(H2,24,25,27);1H. The summed E-state index contributed by atoms with van der Waals surface area (Å²) in [5, 5.41) is 6.94. The van der Waals surface area contributed by atoms with Crippen LogP contribution < -0.4 is 10.6 Å². The molecule has 29 heavy (non-hydrogen) atoms. The molecule has 0 radical (unpaired) electrons. The zero-order valence-electron chi connectivity index (χ0n) is 17.0. The molecule has 1 aromatic heterocycles. The molecule has 3 aromatic rings. The molecule has 154 valence electrons. The topological polar surface area (TPSA) is 54.2 Å². The Hall–Kier alpha value is -2.09. The summed E-state index contributed by atoms with van der Waals surface area (Å²) in [6.45, 7) is 4.52. The van der Waals surface area contributed by atoms with Crippen LogP contribution in [0, 0.1) is 0 Å². The van der Waals surface area contributed by atoms with Gasteiger partial charge in [0, 0.05) is 19.1 Å². The number of nitrogens with one attached hydrogen (secondary N) is 2. The van der Waals surface area contributed by atoms with E-state index >= 15 is 0 Å². The molecule has 2 aromatic carbocycles. The highest BCUT2D eigenvalue weighted by Gasteiger charge is 2.15. The average molecular weight is 503 g/mol. The number of rotatable bonds is 6. The van der Waals surface area contributed by atoms with Crippen molar-refractivity contribution in [3.8, 4) is 0 Å². The number of aromatic nitrogens is 2. The van der Waals surface area contributed by atoms with E-state index in [1.54, 1.807) is 0 Å². The van der Waals surface area contributed by atoms with Crippen LogP contribution in [0.2, 0.25) is 0 Å². The third-order valence-electron chi connectivity index (χ3n) is 5.36. The lowest BCUT2D eigenvalue weighted by Gasteiger charge is -2.16. The molecular formula is C23H30IN5. The summed E-state index contributed by atoms with van der Waals surface area (Å²) in [5.41, 5.74) is 4.71. The van der Waals surface area contributed by atoms with Crippen LogP contribution in [0.1, 0.15) is 43.7 Å². The molecule has 0 aliphatic heterocycles. The molecule has 0 spiro atoms. The number of nitrogens with zero attached hydrogens (tertiary/aromatic N) is 3. The minimum Gasteiger partial charge on any atom is -0.357 e. The van der Waals surface area contributed by atoms with Crippen LogP contribution in [0.25, 0.3) is 11.0 Å². The summed E-state index contributed by atoms with van der Waals surface area (Å²) in [4.78, 5) is 9.24. The smallest absolute Gasteiger partial charge is 0.191 e. The predicted molar refractivity (Wildman–Crippen MR) is 131 cm³/mol. The number of fused-ring (bicyclic) bond motifs is 1. The molecule has 0 unspecified atom stereocenters. The maximum atomic E-state index is 4.77. The van der Waals surface area contributed by atoms with E-state index in [2.05, 4.69) is 69.6 Å². The van der Waals surface area contributed by atoms with E-state index in [1.807, 2.05) is 12.4 Å². The zero-order valence-corrected chi connectivity index (χ0v) is 19.3. The summed E-state index contributed by atoms with van der Waals surface area (Å²) >= 11 is 0. The molecule has 0 saturated heterocycles. The number of para-hydroxylation sites is 2. The SMILES string of the molecule is CCNC(=NCc1ccc(Cn2cnc3ccccc32)cc1)NC1CCCC1.I. The molecule has 1 fully saturated rings. The number of imidazole rings is 1. The summed E-state index contributed by atoms with van der Waals surface area (Å²) < 4.78 is 2.19. The Morgan fingerprint density at radius 1 is 1.07 bits per heavy atom. The largest absolute Gasteiger partial charge is 0.357 e. The van der Waals surface area contributed by atoms with Crippen molar-refractivity contribution in [1.29, 1.82) is 0 Å². The molecule has 2 N–H and O–H groups in total. The van der Waals surface area contributed by atoms with Gasteiger partial charge in [-0.15, -0.1) is 24.0 Å². The summed E-state index contributed by atoms with van der Waals surface area (Å²) in [6, 6.07) is 17.6. The number of benzene rings is 2. The third kappa shape index (κ3) is 5.72. The Labute approximate surface area is 190 Å². The predicted octanol–water partition coefficient (Wildman–Crippen LogP) is 4.70. The van der Waals surface area contributed by atoms with Gasteiger partial charge in [0.2, 0.25) is 0 Å². The fourth-order valence-corrected chi connectivity index (χ4v) is 3.84. The Balaban J connectivity index is 0.00000240. The molecule has 5 nitrogen and oxygen atoms in total. The van der Waals surface area contributed by atoms with Crippen LogP contribution in [0.15, 0.2) is 59.9 Å². The van der Waals surface area contributed by atoms with Crippen molar-refractivity contribution in [2.75, 3.05) is 6.54 Å². The maximum Gasteiger partial charge on any atom is 0.191 e. The number of hydrogen-bond donors (Lipinski definition) is 2. The highest BCUT2D eigenvalue weighted by atomic mass is 127. The Kier molecular flexibility index (Phi) is 7.91. The molecule has 0 atom stereocenters. The second-order valence-corrected chi connectivity index (χ2v) is 7.50. The highest BCUT2D eigenvalue weighted by Crippen LogP contribution is 2.18. The molecule has 0 bridgehead atoms. The molecule has 6 heteroatoms. The second-order valence-electron chi connectivity index (χ2n) is 7.50. The van der Waals surface area contributed by atoms with Crippen molar-refractivity contribution in [2.24, 2.45) is 4.99 Å². The molecule has 1 aliphatic rings. The second kappa shape index (κ2) is 10.6. The van der Waals surface area contributed by atoms with Crippen LogP contribution in [0.4, 0.5) is 0 Å². The minimum absolute atomic E-state index is 0. The monoisotopic (exact) mass is 503 g/mol. The maximum absolute atomic E-state index is 4.77. The number of guanidine groups is 1. The van der Waals surface area contributed by atoms with Crippen molar-refractivity contribution in [3.63, 3.8) is 0 Å². The van der Waals surface area contributed by atoms with Gasteiger partial charge in [-0.25, -0.2) is 9.98 Å². The number of halogens is 1. The van der Waals surface area contributed by atoms with Gasteiger partial charge < -0.3 is 15.2 Å². The lowest BCUT2D eigenvalue weighted by atomic mass is 10.1. The van der Waals surface area contributed by atoms with E-state index in [0.717, 1.165) is 24.6 Å². The quantitative estimate of drug-likeness (QED) is 0.291. The Morgan fingerprint density at radius 3 is 2.55 bits per heavy atom. The number of aliphatic imine (C=N–C) groups is 1. The zero-order chi connectivity index (χ0) is 19.2. The summed E-state index contributed by atoms with van der Waals surface area (Å²) in [7, 11) is 0. The van der Waals surface area contributed by atoms with Gasteiger partial charge in [-0.3, -0.25) is 0 Å². The first-order valence-corrected chi connectivity index (χ1v) is 10.3. The molecule has 1 saturated carbocycles. The van der Waals surface area contributed by atoms with Gasteiger partial charge in [0.1, 0.15) is 0 Å². The van der Waals surface area contributed by atoms with Crippen LogP contribution in [0.5, 0.6) is 0 Å². The van der Waals surface area contributed by atoms with E-state index in [1.165, 1.54) is 42.3 Å². The van der Waals surface area contributed by atoms with Crippen molar-refractivity contribution in [2.45, 2.75) is 51.7 Å². The van der Waals surface area contributed by atoms with E-state index in [0.29, 0.717) is 12.6 Å². The third-order valence-corrected chi connectivity index (χ3v) is 5.36. The van der Waals surface area contributed by atoms with Crippen molar-refractivity contribution in [1.82, 2.24) is 20.2 Å². The summed E-state index contributed by atoms with van der Waals surface area (Å²) in [5.74, 6) is 0.934. The van der Waals surface area contributed by atoms with Gasteiger partial charge in [0.05, 0.1) is 23.9 Å². The van der Waals surface area contributed by atoms with Crippen LogP contribution in [-0.4, -0.2) is 28.1 Å². The van der Waals surface area contributed by atoms with E-state index in [4.69, 9.17) is 4.99 Å².